The van der Waals surface area contributed by atoms with Gasteiger partial charge < -0.3 is 35.3 Å². The van der Waals surface area contributed by atoms with Gasteiger partial charge in [-0.1, -0.05) is 24.3 Å². The lowest BCUT2D eigenvalue weighted by Crippen LogP contribution is -2.16. The highest BCUT2D eigenvalue weighted by Crippen LogP contribution is 2.56. The fourth-order valence-electron chi connectivity index (χ4n) is 9.65. The summed E-state index contributed by atoms with van der Waals surface area (Å²) in [4.78, 5) is 8.28. The number of nitrogens with zero attached hydrogens (tertiary/aromatic N) is 4. The average Bonchev–Trinajstić information content (AvgIpc) is 4.20. The number of aryl methyl sites for hydroxylation is 8. The number of benzene rings is 4. The summed E-state index contributed by atoms with van der Waals surface area (Å²) in [7, 11) is 0. The molecule has 4 aromatic carbocycles. The predicted octanol–water partition coefficient (Wildman–Crippen LogP) is 17.7. The average molecular weight is 903 g/mol. The lowest BCUT2D eigenvalue weighted by atomic mass is 9.89. The zero-order chi connectivity index (χ0) is 46.5. The highest BCUT2D eigenvalue weighted by atomic mass is 16.4. The van der Waals surface area contributed by atoms with E-state index in [2.05, 4.69) is 56.0 Å². The van der Waals surface area contributed by atoms with Crippen LogP contribution in [0.2, 0.25) is 0 Å². The molecular weight excluding hydrogens is 857 g/mol. The van der Waals surface area contributed by atoms with Crippen LogP contribution in [0.15, 0.2) is 170 Å². The van der Waals surface area contributed by atoms with E-state index in [0.717, 1.165) is 99.6 Å². The molecule has 0 fully saturated rings. The molecule has 12 rings (SSSR count). The van der Waals surface area contributed by atoms with E-state index in [1.165, 1.54) is 0 Å². The third kappa shape index (κ3) is 6.06. The van der Waals surface area contributed by atoms with Crippen molar-refractivity contribution < 1.29 is 35.3 Å². The van der Waals surface area contributed by atoms with Crippen LogP contribution in [-0.2, 0) is 0 Å². The minimum Gasteiger partial charge on any atom is -0.448 e. The lowest BCUT2D eigenvalue weighted by Gasteiger charge is -2.31. The summed E-state index contributed by atoms with van der Waals surface area (Å²) in [5.74, 6) is 4.90. The molecule has 8 aromatic heterocycles. The first-order chi connectivity index (χ1) is 33.1. The maximum Gasteiger partial charge on any atom is 0.209 e. The van der Waals surface area contributed by atoms with Crippen molar-refractivity contribution in [3.05, 3.63) is 180 Å². The summed E-state index contributed by atoms with van der Waals surface area (Å²) in [5.41, 5.74) is 10.6. The van der Waals surface area contributed by atoms with Gasteiger partial charge in [-0.25, -0.2) is 19.6 Å². The fraction of sp³-hybridized carbons (Fsp3) is 0.143. The Morgan fingerprint density at radius 1 is 0.235 bits per heavy atom. The van der Waals surface area contributed by atoms with Crippen LogP contribution in [-0.4, -0.2) is 0 Å². The number of anilines is 12. The van der Waals surface area contributed by atoms with Crippen LogP contribution in [0.1, 0.15) is 44.5 Å². The third-order valence-corrected chi connectivity index (χ3v) is 13.1. The monoisotopic (exact) mass is 902 g/mol. The van der Waals surface area contributed by atoms with Crippen LogP contribution >= 0.6 is 0 Å². The molecule has 8 heterocycles. The predicted molar refractivity (Wildman–Crippen MR) is 265 cm³/mol. The van der Waals surface area contributed by atoms with Crippen LogP contribution in [0, 0.1) is 55.4 Å². The molecule has 0 aliphatic heterocycles. The number of hydrogen-bond donors (Lipinski definition) is 0. The van der Waals surface area contributed by atoms with Crippen molar-refractivity contribution >= 4 is 102 Å². The minimum atomic E-state index is 0.612. The van der Waals surface area contributed by atoms with Crippen LogP contribution in [0.5, 0.6) is 0 Å². The molecular formula is C56H46N4O8. The zero-order valence-corrected chi connectivity index (χ0v) is 38.8. The quantitative estimate of drug-likeness (QED) is 0.109. The number of furan rings is 8. The summed E-state index contributed by atoms with van der Waals surface area (Å²) < 4.78 is 51.2. The Morgan fingerprint density at radius 2 is 0.397 bits per heavy atom. The van der Waals surface area contributed by atoms with Crippen LogP contribution in [0.25, 0.3) is 32.3 Å². The topological polar surface area (TPSA) is 118 Å². The van der Waals surface area contributed by atoms with Gasteiger partial charge in [-0.05, 0) is 116 Å². The van der Waals surface area contributed by atoms with Gasteiger partial charge in [0, 0.05) is 76.8 Å². The molecule has 0 aliphatic carbocycles. The van der Waals surface area contributed by atoms with E-state index in [4.69, 9.17) is 35.3 Å². The molecule has 0 bridgehead atoms. The van der Waals surface area contributed by atoms with Crippen molar-refractivity contribution in [2.24, 2.45) is 0 Å². The summed E-state index contributed by atoms with van der Waals surface area (Å²) in [6, 6.07) is 28.8. The Morgan fingerprint density at radius 3 is 0.529 bits per heavy atom. The van der Waals surface area contributed by atoms with E-state index in [1.54, 1.807) is 50.1 Å². The van der Waals surface area contributed by atoms with E-state index in [9.17, 15) is 0 Å². The van der Waals surface area contributed by atoms with Gasteiger partial charge in [-0.15, -0.1) is 0 Å². The van der Waals surface area contributed by atoms with Crippen LogP contribution in [0.3, 0.4) is 0 Å². The SMILES string of the molecule is Cc1ccoc1N(c1occc1C)c1cc(N(c2occc2C)c2occc2C)c2ccc3c(N(c4occc4C)c4occc4C)cc(N(c4occc4C)c4occc4C)c4ccc1c2c43. The smallest absolute Gasteiger partial charge is 0.209 e. The van der Waals surface area contributed by atoms with Gasteiger partial charge in [0.05, 0.1) is 72.9 Å². The lowest BCUT2D eigenvalue weighted by molar-refractivity contribution is 0.536. The van der Waals surface area contributed by atoms with Crippen molar-refractivity contribution in [1.82, 2.24) is 0 Å². The second-order valence-electron chi connectivity index (χ2n) is 17.5. The molecule has 0 spiro atoms. The first-order valence-electron chi connectivity index (χ1n) is 22.4. The van der Waals surface area contributed by atoms with Crippen molar-refractivity contribution in [3.8, 4) is 0 Å². The van der Waals surface area contributed by atoms with Gasteiger partial charge in [-0.3, -0.25) is 0 Å². The maximum atomic E-state index is 6.40. The van der Waals surface area contributed by atoms with Crippen molar-refractivity contribution in [1.29, 1.82) is 0 Å². The Bertz CT molecular complexity index is 3160. The molecule has 0 saturated carbocycles. The molecule has 0 atom stereocenters. The van der Waals surface area contributed by atoms with Gasteiger partial charge in [-0.2, -0.15) is 0 Å². The molecule has 0 radical (unpaired) electrons. The molecule has 0 unspecified atom stereocenters. The Hall–Kier alpha value is -8.64. The normalized spacial score (nSPS) is 11.8. The Balaban J connectivity index is 1.30. The van der Waals surface area contributed by atoms with E-state index >= 15 is 0 Å². The molecule has 0 amide bonds. The van der Waals surface area contributed by atoms with E-state index in [-0.39, 0.29) is 0 Å². The zero-order valence-electron chi connectivity index (χ0n) is 38.8. The summed E-state index contributed by atoms with van der Waals surface area (Å²) in [6.45, 7) is 16.3. The Labute approximate surface area is 390 Å². The van der Waals surface area contributed by atoms with Gasteiger partial charge in [0.15, 0.2) is 0 Å². The maximum absolute atomic E-state index is 6.40. The molecule has 12 heteroatoms. The minimum absolute atomic E-state index is 0.612. The van der Waals surface area contributed by atoms with Crippen molar-refractivity contribution in [3.63, 3.8) is 0 Å². The van der Waals surface area contributed by atoms with E-state index < -0.39 is 0 Å². The molecule has 338 valence electrons. The molecule has 0 aliphatic rings. The highest BCUT2D eigenvalue weighted by Gasteiger charge is 2.34. The van der Waals surface area contributed by atoms with Crippen LogP contribution < -0.4 is 19.6 Å². The van der Waals surface area contributed by atoms with E-state index in [0.29, 0.717) is 47.1 Å². The molecule has 0 N–H and O–H groups in total. The van der Waals surface area contributed by atoms with E-state index in [1.807, 2.05) is 104 Å². The number of hydrogen-bond acceptors (Lipinski definition) is 12. The second kappa shape index (κ2) is 15.5. The van der Waals surface area contributed by atoms with Gasteiger partial charge in [0.1, 0.15) is 0 Å². The largest absolute Gasteiger partial charge is 0.448 e. The molecule has 12 aromatic rings. The van der Waals surface area contributed by atoms with Gasteiger partial charge in [0.25, 0.3) is 0 Å². The Kier molecular flexibility index (Phi) is 9.30. The third-order valence-electron chi connectivity index (χ3n) is 13.1. The summed E-state index contributed by atoms with van der Waals surface area (Å²) in [5, 5.41) is 5.60. The fourth-order valence-corrected chi connectivity index (χ4v) is 9.65. The molecule has 0 saturated heterocycles. The first kappa shape index (κ1) is 40.8. The summed E-state index contributed by atoms with van der Waals surface area (Å²) >= 11 is 0. The first-order valence-corrected chi connectivity index (χ1v) is 22.4. The molecule has 68 heavy (non-hydrogen) atoms. The van der Waals surface area contributed by atoms with Gasteiger partial charge in [0.2, 0.25) is 47.1 Å². The second-order valence-corrected chi connectivity index (χ2v) is 17.5. The van der Waals surface area contributed by atoms with Gasteiger partial charge >= 0.3 is 0 Å². The van der Waals surface area contributed by atoms with Crippen molar-refractivity contribution in [2.75, 3.05) is 19.6 Å². The summed E-state index contributed by atoms with van der Waals surface area (Å²) in [6.07, 6.45) is 13.7. The molecule has 12 nitrogen and oxygen atoms in total. The highest BCUT2D eigenvalue weighted by molar-refractivity contribution is 6.32. The van der Waals surface area contributed by atoms with Crippen LogP contribution in [0.4, 0.5) is 69.8 Å². The number of rotatable bonds is 12. The standard InChI is InChI=1S/C56H46N4O8/c1-31-13-21-61-49(31)57(50-32(2)14-22-62-50)43-29-44(58(51-33(3)15-23-63-51)52-34(4)16-24-64-52)40-11-12-42-46(60(55-37(7)19-27-67-55)56-38(8)20-28-68-56)30-45(41-10-9-39(43)47(40)48(41)42)59(53-35(5)17-25-65-53)54-36(6)18-26-66-54/h9-30H,1-8H3. The van der Waals surface area contributed by atoms with Crippen molar-refractivity contribution in [2.45, 2.75) is 55.4 Å².